The van der Waals surface area contributed by atoms with Crippen molar-refractivity contribution in [2.45, 2.75) is 52.6 Å². The Kier molecular flexibility index (Phi) is 8.57. The number of aromatic nitrogens is 2. The van der Waals surface area contributed by atoms with Gasteiger partial charge in [0, 0.05) is 37.0 Å². The Bertz CT molecular complexity index is 791. The molecule has 158 valence electrons. The van der Waals surface area contributed by atoms with Crippen LogP contribution in [0.4, 0.5) is 10.6 Å². The maximum absolute atomic E-state index is 12.7. The van der Waals surface area contributed by atoms with Gasteiger partial charge in [0.1, 0.15) is 5.82 Å². The number of carbonyl (C=O) groups is 2. The van der Waals surface area contributed by atoms with Gasteiger partial charge in [-0.3, -0.25) is 4.79 Å². The van der Waals surface area contributed by atoms with Crippen LogP contribution in [0, 0.1) is 5.92 Å². The maximum Gasteiger partial charge on any atom is 0.318 e. The van der Waals surface area contributed by atoms with Crippen LogP contribution >= 0.6 is 11.3 Å². The van der Waals surface area contributed by atoms with Crippen molar-refractivity contribution in [3.63, 3.8) is 0 Å². The van der Waals surface area contributed by atoms with E-state index in [-0.39, 0.29) is 17.7 Å². The summed E-state index contributed by atoms with van der Waals surface area (Å²) in [6.45, 7) is 8.83. The number of anilines is 1. The van der Waals surface area contributed by atoms with Crippen LogP contribution in [0.2, 0.25) is 0 Å². The number of amides is 2. The quantitative estimate of drug-likeness (QED) is 0.612. The van der Waals surface area contributed by atoms with E-state index in [0.717, 1.165) is 16.5 Å². The molecule has 2 aromatic heterocycles. The zero-order valence-electron chi connectivity index (χ0n) is 17.8. The molecule has 7 nitrogen and oxygen atoms in total. The number of ketones is 1. The van der Waals surface area contributed by atoms with Crippen molar-refractivity contribution in [1.29, 1.82) is 0 Å². The lowest BCUT2D eigenvalue weighted by molar-refractivity contribution is -0.123. The number of carbonyl (C=O) groups excluding carboxylic acids is 2. The van der Waals surface area contributed by atoms with Crippen molar-refractivity contribution in [2.24, 2.45) is 5.92 Å². The Balaban J connectivity index is 1.93. The predicted octanol–water partition coefficient (Wildman–Crippen LogP) is 3.90. The van der Waals surface area contributed by atoms with Gasteiger partial charge in [-0.2, -0.15) is 0 Å². The molecule has 2 amide bonds. The summed E-state index contributed by atoms with van der Waals surface area (Å²) in [4.78, 5) is 35.6. The van der Waals surface area contributed by atoms with Crippen LogP contribution in [0.3, 0.4) is 0 Å². The van der Waals surface area contributed by atoms with Gasteiger partial charge in [0.05, 0.1) is 23.3 Å². The molecular weight excluding hydrogens is 386 g/mol. The van der Waals surface area contributed by atoms with Crippen LogP contribution in [0.5, 0.6) is 0 Å². The average molecular weight is 418 g/mol. The highest BCUT2D eigenvalue weighted by atomic mass is 32.1. The van der Waals surface area contributed by atoms with Crippen LogP contribution < -0.4 is 10.6 Å². The number of pyridine rings is 1. The monoisotopic (exact) mass is 417 g/mol. The van der Waals surface area contributed by atoms with Gasteiger partial charge in [0.25, 0.3) is 0 Å². The zero-order chi connectivity index (χ0) is 21.4. The van der Waals surface area contributed by atoms with Crippen LogP contribution in [0.25, 0.3) is 0 Å². The Morgan fingerprint density at radius 2 is 1.97 bits per heavy atom. The van der Waals surface area contributed by atoms with Crippen molar-refractivity contribution in [2.75, 3.05) is 18.9 Å². The third kappa shape index (κ3) is 7.12. The zero-order valence-corrected chi connectivity index (χ0v) is 18.6. The maximum atomic E-state index is 12.7. The predicted molar refractivity (Wildman–Crippen MR) is 117 cm³/mol. The van der Waals surface area contributed by atoms with Crippen LogP contribution in [0.15, 0.2) is 29.8 Å². The van der Waals surface area contributed by atoms with Gasteiger partial charge in [0.2, 0.25) is 0 Å². The van der Waals surface area contributed by atoms with Crippen molar-refractivity contribution in [1.82, 2.24) is 20.2 Å². The van der Waals surface area contributed by atoms with Gasteiger partial charge in [-0.05, 0) is 18.6 Å². The van der Waals surface area contributed by atoms with Crippen LogP contribution in [-0.4, -0.2) is 46.3 Å². The summed E-state index contributed by atoms with van der Waals surface area (Å²) in [6, 6.07) is 4.78. The van der Waals surface area contributed by atoms with E-state index in [0.29, 0.717) is 25.4 Å². The summed E-state index contributed by atoms with van der Waals surface area (Å²) in [5.74, 6) is 0.974. The number of rotatable bonds is 10. The molecule has 2 rings (SSSR count). The lowest BCUT2D eigenvalue weighted by Crippen LogP contribution is -2.48. The van der Waals surface area contributed by atoms with E-state index in [1.807, 2.05) is 37.4 Å². The minimum Gasteiger partial charge on any atom is -0.370 e. The number of urea groups is 1. The largest absolute Gasteiger partial charge is 0.370 e. The number of Topliss-reactive ketones (excluding diaryl/α,β-unsaturated/α-hetero) is 1. The van der Waals surface area contributed by atoms with Crippen LogP contribution in [-0.2, 0) is 11.3 Å². The molecule has 0 saturated heterocycles. The standard InChI is InChI=1S/C21H31N5O2S/c1-14(2)19(27)17(9-11-23-18-8-6-7-10-22-18)25-21(28)26(5)12-16-13-29-20(24-16)15(3)4/h6-8,10,13-15,17H,9,11-12H2,1-5H3,(H,22,23)(H,25,28). The van der Waals surface area contributed by atoms with E-state index in [1.165, 1.54) is 0 Å². The molecule has 2 heterocycles. The lowest BCUT2D eigenvalue weighted by Gasteiger charge is -2.24. The number of thiazole rings is 1. The molecule has 2 N–H and O–H groups in total. The summed E-state index contributed by atoms with van der Waals surface area (Å²) in [6.07, 6.45) is 2.19. The summed E-state index contributed by atoms with van der Waals surface area (Å²) < 4.78 is 0. The molecule has 0 aromatic carbocycles. The van der Waals surface area contributed by atoms with Gasteiger partial charge in [0.15, 0.2) is 5.78 Å². The Labute approximate surface area is 176 Å². The van der Waals surface area contributed by atoms with Crippen molar-refractivity contribution in [3.8, 4) is 0 Å². The normalized spacial score (nSPS) is 12.1. The molecule has 1 atom stereocenters. The summed E-state index contributed by atoms with van der Waals surface area (Å²) in [7, 11) is 1.72. The first kappa shape index (κ1) is 22.8. The molecule has 0 aliphatic carbocycles. The van der Waals surface area contributed by atoms with E-state index in [2.05, 4.69) is 34.4 Å². The highest BCUT2D eigenvalue weighted by Crippen LogP contribution is 2.19. The van der Waals surface area contributed by atoms with Crippen molar-refractivity contribution < 1.29 is 9.59 Å². The molecule has 0 bridgehead atoms. The summed E-state index contributed by atoms with van der Waals surface area (Å²) >= 11 is 1.61. The Morgan fingerprint density at radius 3 is 2.55 bits per heavy atom. The Hall–Kier alpha value is -2.48. The van der Waals surface area contributed by atoms with Crippen LogP contribution in [0.1, 0.15) is 50.7 Å². The second kappa shape index (κ2) is 10.9. The number of hydrogen-bond acceptors (Lipinski definition) is 6. The highest BCUT2D eigenvalue weighted by Gasteiger charge is 2.24. The van der Waals surface area contributed by atoms with E-state index >= 15 is 0 Å². The van der Waals surface area contributed by atoms with Crippen molar-refractivity contribution in [3.05, 3.63) is 40.5 Å². The number of nitrogens with one attached hydrogen (secondary N) is 2. The van der Waals surface area contributed by atoms with E-state index < -0.39 is 6.04 Å². The molecule has 0 spiro atoms. The molecule has 8 heteroatoms. The first-order valence-electron chi connectivity index (χ1n) is 9.92. The molecule has 1 unspecified atom stereocenters. The first-order chi connectivity index (χ1) is 13.8. The molecular formula is C21H31N5O2S. The van der Waals surface area contributed by atoms with Gasteiger partial charge < -0.3 is 15.5 Å². The minimum atomic E-state index is -0.553. The molecule has 29 heavy (non-hydrogen) atoms. The topological polar surface area (TPSA) is 87.2 Å². The molecule has 2 aromatic rings. The second-order valence-corrected chi connectivity index (χ2v) is 8.57. The first-order valence-corrected chi connectivity index (χ1v) is 10.8. The third-order valence-electron chi connectivity index (χ3n) is 4.42. The highest BCUT2D eigenvalue weighted by molar-refractivity contribution is 7.09. The fraction of sp³-hybridized carbons (Fsp3) is 0.524. The molecule has 0 aliphatic heterocycles. The van der Waals surface area contributed by atoms with E-state index in [9.17, 15) is 9.59 Å². The fourth-order valence-electron chi connectivity index (χ4n) is 2.73. The van der Waals surface area contributed by atoms with Gasteiger partial charge in [-0.15, -0.1) is 11.3 Å². The van der Waals surface area contributed by atoms with Gasteiger partial charge in [-0.25, -0.2) is 14.8 Å². The van der Waals surface area contributed by atoms with Crippen molar-refractivity contribution >= 4 is 29.0 Å². The fourth-order valence-corrected chi connectivity index (χ4v) is 3.56. The van der Waals surface area contributed by atoms with E-state index in [4.69, 9.17) is 0 Å². The molecule has 0 fully saturated rings. The SMILES string of the molecule is CC(C)C(=O)C(CCNc1ccccn1)NC(=O)N(C)Cc1csc(C(C)C)n1. The number of nitrogens with zero attached hydrogens (tertiary/aromatic N) is 3. The minimum absolute atomic E-state index is 0.0188. The Morgan fingerprint density at radius 1 is 1.21 bits per heavy atom. The van der Waals surface area contributed by atoms with E-state index in [1.54, 1.807) is 29.5 Å². The van der Waals surface area contributed by atoms with Gasteiger partial charge >= 0.3 is 6.03 Å². The second-order valence-electron chi connectivity index (χ2n) is 7.68. The molecule has 0 radical (unpaired) electrons. The molecule has 0 aliphatic rings. The third-order valence-corrected chi connectivity index (χ3v) is 5.62. The molecule has 0 saturated carbocycles. The summed E-state index contributed by atoms with van der Waals surface area (Å²) in [5.41, 5.74) is 0.861. The summed E-state index contributed by atoms with van der Waals surface area (Å²) in [5, 5.41) is 9.11. The average Bonchev–Trinajstić information content (AvgIpc) is 3.16. The smallest absolute Gasteiger partial charge is 0.318 e. The number of hydrogen-bond donors (Lipinski definition) is 2. The van der Waals surface area contributed by atoms with Gasteiger partial charge in [-0.1, -0.05) is 33.8 Å². The lowest BCUT2D eigenvalue weighted by atomic mass is 9.99.